The highest BCUT2D eigenvalue weighted by Crippen LogP contribution is 2.10. The fraction of sp³-hybridized carbons (Fsp3) is 0.667. The number of carbonyl (C=O) groups excluding carboxylic acids is 1. The van der Waals surface area contributed by atoms with Crippen LogP contribution in [-0.2, 0) is 7.05 Å². The predicted molar refractivity (Wildman–Crippen MR) is 67.8 cm³/mol. The van der Waals surface area contributed by atoms with E-state index in [2.05, 4.69) is 10.4 Å². The minimum absolute atomic E-state index is 0.104. The quantitative estimate of drug-likeness (QED) is 0.803. The van der Waals surface area contributed by atoms with Crippen LogP contribution in [0, 0.1) is 6.92 Å². The molecule has 0 spiro atoms. The highest BCUT2D eigenvalue weighted by molar-refractivity contribution is 5.95. The molecule has 96 valence electrons. The van der Waals surface area contributed by atoms with Gasteiger partial charge in [0.15, 0.2) is 0 Å². The molecular weight excluding hydrogens is 216 g/mol. The first-order valence-electron chi connectivity index (χ1n) is 5.99. The lowest BCUT2D eigenvalue weighted by Crippen LogP contribution is -2.49. The maximum absolute atomic E-state index is 11.9. The molecule has 0 aliphatic rings. The second-order valence-corrected chi connectivity index (χ2v) is 4.52. The van der Waals surface area contributed by atoms with Crippen molar-refractivity contribution in [3.8, 4) is 0 Å². The zero-order valence-electron chi connectivity index (χ0n) is 11.1. The molecule has 17 heavy (non-hydrogen) atoms. The topological polar surface area (TPSA) is 72.9 Å². The van der Waals surface area contributed by atoms with Gasteiger partial charge in [-0.05, 0) is 19.8 Å². The second-order valence-electron chi connectivity index (χ2n) is 4.52. The van der Waals surface area contributed by atoms with Gasteiger partial charge in [0, 0.05) is 24.8 Å². The normalized spacial score (nSPS) is 11.6. The van der Waals surface area contributed by atoms with E-state index in [0.29, 0.717) is 12.1 Å². The summed E-state index contributed by atoms with van der Waals surface area (Å²) >= 11 is 0. The maximum atomic E-state index is 11.9. The first-order chi connectivity index (χ1) is 7.93. The van der Waals surface area contributed by atoms with Crippen molar-refractivity contribution < 1.29 is 4.79 Å². The number of amides is 1. The second kappa shape index (κ2) is 5.31. The van der Waals surface area contributed by atoms with Crippen LogP contribution in [0.4, 0.5) is 0 Å². The Labute approximate surface area is 102 Å². The third kappa shape index (κ3) is 3.06. The molecule has 5 nitrogen and oxygen atoms in total. The standard InChI is InChI=1S/C12H22N4O/c1-5-12(13,6-2)8-14-11(17)10-7-15-16(4)9(10)3/h7H,5-6,8,13H2,1-4H3,(H,14,17). The molecule has 1 heterocycles. The van der Waals surface area contributed by atoms with Crippen LogP contribution in [0.3, 0.4) is 0 Å². The number of hydrogen-bond donors (Lipinski definition) is 2. The summed E-state index contributed by atoms with van der Waals surface area (Å²) in [7, 11) is 1.82. The molecule has 1 amide bonds. The molecule has 0 aliphatic carbocycles. The smallest absolute Gasteiger partial charge is 0.254 e. The van der Waals surface area contributed by atoms with E-state index in [4.69, 9.17) is 5.73 Å². The van der Waals surface area contributed by atoms with Gasteiger partial charge in [-0.25, -0.2) is 0 Å². The van der Waals surface area contributed by atoms with E-state index in [1.54, 1.807) is 10.9 Å². The molecule has 0 radical (unpaired) electrons. The molecule has 3 N–H and O–H groups in total. The molecule has 0 aliphatic heterocycles. The highest BCUT2D eigenvalue weighted by Gasteiger charge is 2.22. The Bertz CT molecular complexity index is 393. The molecule has 0 saturated heterocycles. The zero-order chi connectivity index (χ0) is 13.1. The van der Waals surface area contributed by atoms with Crippen LogP contribution >= 0.6 is 0 Å². The van der Waals surface area contributed by atoms with E-state index >= 15 is 0 Å². The van der Waals surface area contributed by atoms with Crippen molar-refractivity contribution in [1.82, 2.24) is 15.1 Å². The molecule has 0 unspecified atom stereocenters. The number of carbonyl (C=O) groups is 1. The van der Waals surface area contributed by atoms with Gasteiger partial charge in [-0.3, -0.25) is 9.48 Å². The number of rotatable bonds is 5. The third-order valence-electron chi connectivity index (χ3n) is 3.49. The number of hydrogen-bond acceptors (Lipinski definition) is 3. The van der Waals surface area contributed by atoms with Crippen LogP contribution in [0.5, 0.6) is 0 Å². The molecule has 1 aromatic heterocycles. The summed E-state index contributed by atoms with van der Waals surface area (Å²) in [6.45, 7) is 6.43. The molecule has 1 aromatic rings. The van der Waals surface area contributed by atoms with E-state index in [1.807, 2.05) is 27.8 Å². The summed E-state index contributed by atoms with van der Waals surface area (Å²) < 4.78 is 1.68. The van der Waals surface area contributed by atoms with Gasteiger partial charge in [0.05, 0.1) is 11.8 Å². The first-order valence-corrected chi connectivity index (χ1v) is 5.99. The van der Waals surface area contributed by atoms with E-state index < -0.39 is 0 Å². The predicted octanol–water partition coefficient (Wildman–Crippen LogP) is 0.976. The Hall–Kier alpha value is -1.36. The zero-order valence-corrected chi connectivity index (χ0v) is 11.1. The van der Waals surface area contributed by atoms with Crippen LogP contribution in [-0.4, -0.2) is 27.8 Å². The Kier molecular flexibility index (Phi) is 4.28. The first kappa shape index (κ1) is 13.7. The molecule has 1 rings (SSSR count). The van der Waals surface area contributed by atoms with Crippen molar-refractivity contribution in [2.45, 2.75) is 39.2 Å². The average molecular weight is 238 g/mol. The Morgan fingerprint density at radius 2 is 2.12 bits per heavy atom. The summed E-state index contributed by atoms with van der Waals surface area (Å²) in [5.41, 5.74) is 7.29. The van der Waals surface area contributed by atoms with Crippen molar-refractivity contribution in [2.24, 2.45) is 12.8 Å². The molecule has 0 bridgehead atoms. The fourth-order valence-corrected chi connectivity index (χ4v) is 1.57. The Balaban J connectivity index is 2.65. The lowest BCUT2D eigenvalue weighted by molar-refractivity contribution is 0.0941. The monoisotopic (exact) mass is 238 g/mol. The summed E-state index contributed by atoms with van der Waals surface area (Å²) in [5, 5.41) is 6.92. The van der Waals surface area contributed by atoms with Crippen molar-refractivity contribution in [1.29, 1.82) is 0 Å². The number of nitrogens with zero attached hydrogens (tertiary/aromatic N) is 2. The minimum atomic E-state index is -0.314. The summed E-state index contributed by atoms with van der Waals surface area (Å²) in [4.78, 5) is 11.9. The van der Waals surface area contributed by atoms with Crippen molar-refractivity contribution >= 4 is 5.91 Å². The molecule has 0 saturated carbocycles. The van der Waals surface area contributed by atoms with Crippen molar-refractivity contribution in [2.75, 3.05) is 6.54 Å². The Morgan fingerprint density at radius 3 is 2.53 bits per heavy atom. The van der Waals surface area contributed by atoms with Crippen LogP contribution in [0.1, 0.15) is 42.7 Å². The number of aryl methyl sites for hydroxylation is 1. The molecule has 0 aromatic carbocycles. The van der Waals surface area contributed by atoms with Crippen molar-refractivity contribution in [3.05, 3.63) is 17.5 Å². The van der Waals surface area contributed by atoms with Gasteiger partial charge in [-0.15, -0.1) is 0 Å². The van der Waals surface area contributed by atoms with Gasteiger partial charge < -0.3 is 11.1 Å². The van der Waals surface area contributed by atoms with Crippen LogP contribution in [0.25, 0.3) is 0 Å². The van der Waals surface area contributed by atoms with Crippen LogP contribution in [0.2, 0.25) is 0 Å². The number of aromatic nitrogens is 2. The van der Waals surface area contributed by atoms with Gasteiger partial charge >= 0.3 is 0 Å². The lowest BCUT2D eigenvalue weighted by atomic mass is 9.94. The van der Waals surface area contributed by atoms with E-state index in [9.17, 15) is 4.79 Å². The largest absolute Gasteiger partial charge is 0.350 e. The van der Waals surface area contributed by atoms with Gasteiger partial charge in [-0.1, -0.05) is 13.8 Å². The minimum Gasteiger partial charge on any atom is -0.350 e. The maximum Gasteiger partial charge on any atom is 0.254 e. The van der Waals surface area contributed by atoms with E-state index in [-0.39, 0.29) is 11.4 Å². The van der Waals surface area contributed by atoms with E-state index in [1.165, 1.54) is 0 Å². The van der Waals surface area contributed by atoms with E-state index in [0.717, 1.165) is 18.5 Å². The molecule has 5 heteroatoms. The van der Waals surface area contributed by atoms with Gasteiger partial charge in [-0.2, -0.15) is 5.10 Å². The average Bonchev–Trinajstić information content (AvgIpc) is 2.67. The van der Waals surface area contributed by atoms with Crippen LogP contribution < -0.4 is 11.1 Å². The van der Waals surface area contributed by atoms with Gasteiger partial charge in [0.2, 0.25) is 0 Å². The third-order valence-corrected chi connectivity index (χ3v) is 3.49. The summed E-state index contributed by atoms with van der Waals surface area (Å²) in [6, 6.07) is 0. The van der Waals surface area contributed by atoms with Gasteiger partial charge in [0.1, 0.15) is 0 Å². The molecule has 0 atom stereocenters. The van der Waals surface area contributed by atoms with Crippen LogP contribution in [0.15, 0.2) is 6.20 Å². The molecule has 0 fully saturated rings. The Morgan fingerprint density at radius 1 is 1.53 bits per heavy atom. The lowest BCUT2D eigenvalue weighted by Gasteiger charge is -2.26. The SMILES string of the molecule is CCC(N)(CC)CNC(=O)c1cnn(C)c1C. The fourth-order valence-electron chi connectivity index (χ4n) is 1.57. The van der Waals surface area contributed by atoms with Crippen molar-refractivity contribution in [3.63, 3.8) is 0 Å². The highest BCUT2D eigenvalue weighted by atomic mass is 16.1. The summed E-state index contributed by atoms with van der Waals surface area (Å²) in [5.74, 6) is -0.104. The van der Waals surface area contributed by atoms with Gasteiger partial charge in [0.25, 0.3) is 5.91 Å². The number of nitrogens with two attached hydrogens (primary N) is 1. The number of nitrogens with one attached hydrogen (secondary N) is 1. The summed E-state index contributed by atoms with van der Waals surface area (Å²) in [6.07, 6.45) is 3.27. The molecular formula is C12H22N4O.